The number of nitriles is 1. The fourth-order valence-electron chi connectivity index (χ4n) is 2.15. The summed E-state index contributed by atoms with van der Waals surface area (Å²) in [5.74, 6) is -2.24. The van der Waals surface area contributed by atoms with Crippen molar-refractivity contribution in [2.45, 2.75) is 47.0 Å². The van der Waals surface area contributed by atoms with E-state index in [0.29, 0.717) is 12.8 Å². The van der Waals surface area contributed by atoms with E-state index in [-0.39, 0.29) is 25.1 Å². The molecule has 0 saturated carbocycles. The zero-order valence-electron chi connectivity index (χ0n) is 12.8. The number of carbonyl (C=O) groups excluding carboxylic acids is 2. The highest BCUT2D eigenvalue weighted by Gasteiger charge is 2.36. The van der Waals surface area contributed by atoms with Crippen LogP contribution in [-0.2, 0) is 19.1 Å². The van der Waals surface area contributed by atoms with Gasteiger partial charge in [0, 0.05) is 5.92 Å². The second-order valence-electron chi connectivity index (χ2n) is 4.77. The van der Waals surface area contributed by atoms with Crippen LogP contribution in [0.4, 0.5) is 0 Å². The van der Waals surface area contributed by atoms with E-state index in [2.05, 4.69) is 6.07 Å². The average Bonchev–Trinajstić information content (AvgIpc) is 2.42. The lowest BCUT2D eigenvalue weighted by Crippen LogP contribution is -2.33. The summed E-state index contributed by atoms with van der Waals surface area (Å²) in [5, 5.41) is 8.93. The van der Waals surface area contributed by atoms with E-state index >= 15 is 0 Å². The van der Waals surface area contributed by atoms with Gasteiger partial charge < -0.3 is 9.47 Å². The van der Waals surface area contributed by atoms with Crippen LogP contribution in [0.1, 0.15) is 47.0 Å². The van der Waals surface area contributed by atoms with Crippen molar-refractivity contribution in [3.63, 3.8) is 0 Å². The van der Waals surface area contributed by atoms with Gasteiger partial charge in [0.15, 0.2) is 0 Å². The van der Waals surface area contributed by atoms with Gasteiger partial charge in [-0.2, -0.15) is 5.26 Å². The maximum Gasteiger partial charge on any atom is 0.309 e. The Morgan fingerprint density at radius 2 is 1.55 bits per heavy atom. The van der Waals surface area contributed by atoms with Gasteiger partial charge in [0.05, 0.1) is 31.1 Å². The lowest BCUT2D eigenvalue weighted by molar-refractivity contribution is -0.161. The molecule has 0 radical (unpaired) electrons. The molecule has 0 aliphatic heterocycles. The molecule has 0 amide bonds. The Hall–Kier alpha value is -1.57. The lowest BCUT2D eigenvalue weighted by Gasteiger charge is -2.24. The Labute approximate surface area is 121 Å². The lowest BCUT2D eigenvalue weighted by atomic mass is 9.82. The van der Waals surface area contributed by atoms with Gasteiger partial charge in [-0.1, -0.05) is 13.3 Å². The van der Waals surface area contributed by atoms with Crippen LogP contribution in [0, 0.1) is 29.1 Å². The normalized spacial score (nSPS) is 14.8. The fraction of sp³-hybridized carbons (Fsp3) is 0.800. The Morgan fingerprint density at radius 3 is 1.95 bits per heavy atom. The number of hydrogen-bond acceptors (Lipinski definition) is 5. The first-order valence-corrected chi connectivity index (χ1v) is 7.24. The van der Waals surface area contributed by atoms with Gasteiger partial charge in [0.25, 0.3) is 0 Å². The summed E-state index contributed by atoms with van der Waals surface area (Å²) in [6.45, 7) is 7.68. The summed E-state index contributed by atoms with van der Waals surface area (Å²) in [4.78, 5) is 24.1. The molecule has 0 aromatic heterocycles. The second kappa shape index (κ2) is 10.2. The van der Waals surface area contributed by atoms with Gasteiger partial charge >= 0.3 is 11.9 Å². The molecule has 0 rings (SSSR count). The van der Waals surface area contributed by atoms with E-state index in [1.54, 1.807) is 20.8 Å². The van der Waals surface area contributed by atoms with Crippen LogP contribution in [0.2, 0.25) is 0 Å². The highest BCUT2D eigenvalue weighted by atomic mass is 16.5. The number of carbonyl (C=O) groups is 2. The molecule has 0 saturated heterocycles. The van der Waals surface area contributed by atoms with Crippen molar-refractivity contribution in [1.29, 1.82) is 5.26 Å². The summed E-state index contributed by atoms with van der Waals surface area (Å²) in [6, 6.07) is 2.10. The topological polar surface area (TPSA) is 76.4 Å². The molecule has 0 aliphatic rings. The maximum absolute atomic E-state index is 12.1. The van der Waals surface area contributed by atoms with E-state index in [1.165, 1.54) is 0 Å². The highest BCUT2D eigenvalue weighted by molar-refractivity contribution is 5.82. The Balaban J connectivity index is 5.13. The van der Waals surface area contributed by atoms with Crippen LogP contribution in [0.3, 0.4) is 0 Å². The van der Waals surface area contributed by atoms with Gasteiger partial charge in [-0.15, -0.1) is 0 Å². The molecule has 114 valence electrons. The zero-order valence-corrected chi connectivity index (χ0v) is 12.8. The van der Waals surface area contributed by atoms with E-state index in [0.717, 1.165) is 6.42 Å². The first-order valence-electron chi connectivity index (χ1n) is 7.24. The molecule has 0 bridgehead atoms. The molecule has 5 nitrogen and oxygen atoms in total. The first kappa shape index (κ1) is 18.4. The number of ether oxygens (including phenoxy) is 2. The molecular weight excluding hydrogens is 258 g/mol. The van der Waals surface area contributed by atoms with E-state index < -0.39 is 17.8 Å². The largest absolute Gasteiger partial charge is 0.466 e. The molecule has 5 heteroatoms. The third kappa shape index (κ3) is 6.05. The van der Waals surface area contributed by atoms with Crippen molar-refractivity contribution in [3.8, 4) is 6.07 Å². The standard InChI is InChI=1S/C15H25NO4/c1-5-8-12(14(17)19-6-2)13(9-11(4)10-16)15(18)20-7-3/h11-13H,5-9H2,1-4H3. The third-order valence-electron chi connectivity index (χ3n) is 3.09. The minimum absolute atomic E-state index is 0.262. The maximum atomic E-state index is 12.1. The molecule has 0 N–H and O–H groups in total. The van der Waals surface area contributed by atoms with Crippen LogP contribution in [-0.4, -0.2) is 25.2 Å². The van der Waals surface area contributed by atoms with Crippen LogP contribution >= 0.6 is 0 Å². The molecular formula is C15H25NO4. The number of nitrogens with zero attached hydrogens (tertiary/aromatic N) is 1. The van der Waals surface area contributed by atoms with Crippen LogP contribution < -0.4 is 0 Å². The summed E-state index contributed by atoms with van der Waals surface area (Å²) in [7, 11) is 0. The molecule has 0 aliphatic carbocycles. The molecule has 0 spiro atoms. The van der Waals surface area contributed by atoms with E-state index in [9.17, 15) is 9.59 Å². The molecule has 0 heterocycles. The molecule has 3 unspecified atom stereocenters. The van der Waals surface area contributed by atoms with Gasteiger partial charge in [-0.05, 0) is 33.6 Å². The van der Waals surface area contributed by atoms with Crippen molar-refractivity contribution in [1.82, 2.24) is 0 Å². The quantitative estimate of drug-likeness (QED) is 0.608. The van der Waals surface area contributed by atoms with E-state index in [4.69, 9.17) is 14.7 Å². The monoisotopic (exact) mass is 283 g/mol. The molecule has 0 fully saturated rings. The fourth-order valence-corrected chi connectivity index (χ4v) is 2.15. The predicted octanol–water partition coefficient (Wildman–Crippen LogP) is 2.69. The van der Waals surface area contributed by atoms with Crippen molar-refractivity contribution in [2.24, 2.45) is 17.8 Å². The summed E-state index contributed by atoms with van der Waals surface area (Å²) in [5.41, 5.74) is 0. The number of hydrogen-bond donors (Lipinski definition) is 0. The minimum Gasteiger partial charge on any atom is -0.466 e. The van der Waals surface area contributed by atoms with Crippen molar-refractivity contribution in [3.05, 3.63) is 0 Å². The SMILES string of the molecule is CCCC(C(=O)OCC)C(CC(C)C#N)C(=O)OCC. The molecule has 3 atom stereocenters. The van der Waals surface area contributed by atoms with Gasteiger partial charge in [0.1, 0.15) is 0 Å². The van der Waals surface area contributed by atoms with Crippen molar-refractivity contribution >= 4 is 11.9 Å². The summed E-state index contributed by atoms with van der Waals surface area (Å²) < 4.78 is 10.1. The van der Waals surface area contributed by atoms with Crippen molar-refractivity contribution < 1.29 is 19.1 Å². The van der Waals surface area contributed by atoms with Gasteiger partial charge in [0.2, 0.25) is 0 Å². The average molecular weight is 283 g/mol. The first-order chi connectivity index (χ1) is 9.51. The minimum atomic E-state index is -0.608. The number of rotatable bonds is 9. The molecule has 0 aromatic carbocycles. The van der Waals surface area contributed by atoms with Crippen LogP contribution in [0.5, 0.6) is 0 Å². The Morgan fingerprint density at radius 1 is 1.05 bits per heavy atom. The van der Waals surface area contributed by atoms with Gasteiger partial charge in [-0.3, -0.25) is 9.59 Å². The third-order valence-corrected chi connectivity index (χ3v) is 3.09. The van der Waals surface area contributed by atoms with Crippen LogP contribution in [0.15, 0.2) is 0 Å². The molecule has 0 aromatic rings. The molecule has 20 heavy (non-hydrogen) atoms. The Bertz CT molecular complexity index is 348. The number of esters is 2. The summed E-state index contributed by atoms with van der Waals surface area (Å²) >= 11 is 0. The van der Waals surface area contributed by atoms with Crippen molar-refractivity contribution in [2.75, 3.05) is 13.2 Å². The van der Waals surface area contributed by atoms with Gasteiger partial charge in [-0.25, -0.2) is 0 Å². The smallest absolute Gasteiger partial charge is 0.309 e. The second-order valence-corrected chi connectivity index (χ2v) is 4.77. The van der Waals surface area contributed by atoms with Crippen LogP contribution in [0.25, 0.3) is 0 Å². The zero-order chi connectivity index (χ0) is 15.5. The van der Waals surface area contributed by atoms with E-state index in [1.807, 2.05) is 6.92 Å². The summed E-state index contributed by atoms with van der Waals surface area (Å²) in [6.07, 6.45) is 1.64. The predicted molar refractivity (Wildman–Crippen MR) is 74.5 cm³/mol. The Kier molecular flexibility index (Phi) is 9.44. The highest BCUT2D eigenvalue weighted by Crippen LogP contribution is 2.27.